The standard InChI is InChI=1S/C10H8O3S/c11-5-6-1-2-8-7(3-6)4-9(14-8)10(12)13/h1-5,7-8H,(H,12,13). The number of carbonyl (C=O) groups excluding carboxylic acids is 1. The molecule has 2 rings (SSSR count). The molecule has 1 aliphatic heterocycles. The van der Waals surface area contributed by atoms with E-state index in [9.17, 15) is 9.59 Å². The highest BCUT2D eigenvalue weighted by molar-refractivity contribution is 8.05. The van der Waals surface area contributed by atoms with Crippen molar-refractivity contribution in [2.45, 2.75) is 5.25 Å². The summed E-state index contributed by atoms with van der Waals surface area (Å²) in [7, 11) is 0. The molecule has 0 radical (unpaired) electrons. The quantitative estimate of drug-likeness (QED) is 0.696. The van der Waals surface area contributed by atoms with Crippen LogP contribution in [0.25, 0.3) is 0 Å². The smallest absolute Gasteiger partial charge is 0.341 e. The number of hydrogen-bond acceptors (Lipinski definition) is 3. The van der Waals surface area contributed by atoms with Gasteiger partial charge in [0, 0.05) is 16.7 Å². The van der Waals surface area contributed by atoms with Crippen LogP contribution in [0, 0.1) is 5.92 Å². The van der Waals surface area contributed by atoms with Crippen LogP contribution in [0.1, 0.15) is 0 Å². The minimum absolute atomic E-state index is 0.0521. The maximum atomic E-state index is 10.7. The zero-order valence-corrected chi connectivity index (χ0v) is 8.03. The van der Waals surface area contributed by atoms with Gasteiger partial charge in [-0.05, 0) is 0 Å². The Kier molecular flexibility index (Phi) is 2.29. The molecule has 2 atom stereocenters. The number of aliphatic carboxylic acids is 1. The van der Waals surface area contributed by atoms with E-state index < -0.39 is 5.97 Å². The van der Waals surface area contributed by atoms with Gasteiger partial charge in [0.15, 0.2) is 0 Å². The summed E-state index contributed by atoms with van der Waals surface area (Å²) in [6.07, 6.45) is 7.90. The maximum Gasteiger partial charge on any atom is 0.341 e. The number of hydrogen-bond donors (Lipinski definition) is 1. The summed E-state index contributed by atoms with van der Waals surface area (Å²) in [5.41, 5.74) is 0.620. The monoisotopic (exact) mass is 208 g/mol. The summed E-state index contributed by atoms with van der Waals surface area (Å²) in [5, 5.41) is 8.92. The molecule has 72 valence electrons. The molecule has 1 N–H and O–H groups in total. The molecule has 2 aliphatic rings. The molecule has 1 heterocycles. The number of carbonyl (C=O) groups is 2. The van der Waals surface area contributed by atoms with Gasteiger partial charge in [0.1, 0.15) is 6.29 Å². The first-order valence-electron chi connectivity index (χ1n) is 4.17. The Labute approximate surface area is 85.2 Å². The Morgan fingerprint density at radius 3 is 2.93 bits per heavy atom. The van der Waals surface area contributed by atoms with Crippen LogP contribution in [0.3, 0.4) is 0 Å². The highest BCUT2D eigenvalue weighted by Crippen LogP contribution is 2.40. The molecule has 3 nitrogen and oxygen atoms in total. The fraction of sp³-hybridized carbons (Fsp3) is 0.200. The van der Waals surface area contributed by atoms with Crippen LogP contribution >= 0.6 is 11.8 Å². The van der Waals surface area contributed by atoms with E-state index in [0.29, 0.717) is 10.5 Å². The molecule has 0 saturated heterocycles. The van der Waals surface area contributed by atoms with Crippen molar-refractivity contribution in [1.29, 1.82) is 0 Å². The van der Waals surface area contributed by atoms with Crippen LogP contribution in [-0.2, 0) is 9.59 Å². The van der Waals surface area contributed by atoms with Crippen LogP contribution in [-0.4, -0.2) is 22.6 Å². The molecular weight excluding hydrogens is 200 g/mol. The van der Waals surface area contributed by atoms with Crippen LogP contribution in [0.2, 0.25) is 0 Å². The van der Waals surface area contributed by atoms with Crippen molar-refractivity contribution in [2.75, 3.05) is 0 Å². The largest absolute Gasteiger partial charge is 0.477 e. The van der Waals surface area contributed by atoms with Crippen LogP contribution < -0.4 is 0 Å². The summed E-state index contributed by atoms with van der Waals surface area (Å²) >= 11 is 1.33. The molecule has 14 heavy (non-hydrogen) atoms. The zero-order valence-electron chi connectivity index (χ0n) is 7.21. The Morgan fingerprint density at radius 1 is 1.50 bits per heavy atom. The average molecular weight is 208 g/mol. The van der Waals surface area contributed by atoms with Crippen LogP contribution in [0.5, 0.6) is 0 Å². The van der Waals surface area contributed by atoms with E-state index in [1.54, 1.807) is 18.2 Å². The number of carboxylic acid groups (broad SMARTS) is 1. The number of carboxylic acids is 1. The van der Waals surface area contributed by atoms with Crippen molar-refractivity contribution in [2.24, 2.45) is 5.92 Å². The first-order chi connectivity index (χ1) is 6.70. The summed E-state index contributed by atoms with van der Waals surface area (Å²) in [4.78, 5) is 21.6. The van der Waals surface area contributed by atoms with Crippen LogP contribution in [0.4, 0.5) is 0 Å². The fourth-order valence-corrected chi connectivity index (χ4v) is 2.63. The summed E-state index contributed by atoms with van der Waals surface area (Å²) < 4.78 is 0. The summed E-state index contributed by atoms with van der Waals surface area (Å²) in [6.45, 7) is 0. The van der Waals surface area contributed by atoms with Gasteiger partial charge in [-0.2, -0.15) is 0 Å². The lowest BCUT2D eigenvalue weighted by atomic mass is 9.96. The van der Waals surface area contributed by atoms with E-state index in [4.69, 9.17) is 5.11 Å². The molecular formula is C10H8O3S. The predicted octanol–water partition coefficient (Wildman–Crippen LogP) is 1.38. The third-order valence-electron chi connectivity index (χ3n) is 2.20. The van der Waals surface area contributed by atoms with Gasteiger partial charge in [-0.3, -0.25) is 4.79 Å². The molecule has 0 spiro atoms. The number of fused-ring (bicyclic) bond motifs is 1. The van der Waals surface area contributed by atoms with E-state index in [-0.39, 0.29) is 11.2 Å². The van der Waals surface area contributed by atoms with Crippen molar-refractivity contribution in [1.82, 2.24) is 0 Å². The maximum absolute atomic E-state index is 10.7. The summed E-state index contributed by atoms with van der Waals surface area (Å²) in [6, 6.07) is 0. The number of allylic oxidation sites excluding steroid dienone is 4. The lowest BCUT2D eigenvalue weighted by Crippen LogP contribution is -2.10. The second-order valence-electron chi connectivity index (χ2n) is 3.14. The van der Waals surface area contributed by atoms with E-state index in [1.807, 2.05) is 6.08 Å². The molecule has 0 fully saturated rings. The lowest BCUT2D eigenvalue weighted by Gasteiger charge is -2.14. The Balaban J connectivity index is 2.25. The van der Waals surface area contributed by atoms with Gasteiger partial charge in [-0.25, -0.2) is 4.79 Å². The molecule has 0 aromatic heterocycles. The number of rotatable bonds is 2. The number of aldehydes is 1. The zero-order chi connectivity index (χ0) is 10.1. The van der Waals surface area contributed by atoms with Gasteiger partial charge < -0.3 is 5.11 Å². The predicted molar refractivity (Wildman–Crippen MR) is 53.9 cm³/mol. The third-order valence-corrected chi connectivity index (χ3v) is 3.50. The molecule has 2 unspecified atom stereocenters. The van der Waals surface area contributed by atoms with Crippen molar-refractivity contribution in [3.63, 3.8) is 0 Å². The van der Waals surface area contributed by atoms with Gasteiger partial charge in [0.2, 0.25) is 0 Å². The Hall–Kier alpha value is -1.29. The highest BCUT2D eigenvalue weighted by Gasteiger charge is 2.30. The SMILES string of the molecule is O=CC1=CC2C=C(C(=O)O)SC2C=C1. The fourth-order valence-electron chi connectivity index (χ4n) is 1.53. The second kappa shape index (κ2) is 3.46. The van der Waals surface area contributed by atoms with Gasteiger partial charge in [-0.1, -0.05) is 24.3 Å². The number of thioether (sulfide) groups is 1. The van der Waals surface area contributed by atoms with Crippen molar-refractivity contribution in [3.05, 3.63) is 34.8 Å². The van der Waals surface area contributed by atoms with E-state index in [2.05, 4.69) is 0 Å². The van der Waals surface area contributed by atoms with Crippen LogP contribution in [0.15, 0.2) is 34.8 Å². The Bertz CT molecular complexity index is 379. The molecule has 0 aromatic rings. The molecule has 1 aliphatic carbocycles. The third kappa shape index (κ3) is 1.53. The van der Waals surface area contributed by atoms with Crippen molar-refractivity contribution >= 4 is 24.0 Å². The lowest BCUT2D eigenvalue weighted by molar-refractivity contribution is -0.131. The van der Waals surface area contributed by atoms with Crippen molar-refractivity contribution < 1.29 is 14.7 Å². The van der Waals surface area contributed by atoms with Gasteiger partial charge in [-0.15, -0.1) is 11.8 Å². The van der Waals surface area contributed by atoms with E-state index >= 15 is 0 Å². The van der Waals surface area contributed by atoms with Gasteiger partial charge in [0.25, 0.3) is 0 Å². The molecule has 0 aromatic carbocycles. The normalized spacial score (nSPS) is 29.1. The minimum Gasteiger partial charge on any atom is -0.477 e. The molecule has 0 saturated carbocycles. The van der Waals surface area contributed by atoms with E-state index in [1.165, 1.54) is 11.8 Å². The average Bonchev–Trinajstić information content (AvgIpc) is 2.59. The molecule has 0 amide bonds. The first kappa shape index (κ1) is 9.27. The second-order valence-corrected chi connectivity index (χ2v) is 4.36. The van der Waals surface area contributed by atoms with Crippen molar-refractivity contribution in [3.8, 4) is 0 Å². The first-order valence-corrected chi connectivity index (χ1v) is 5.05. The molecule has 4 heteroatoms. The highest BCUT2D eigenvalue weighted by atomic mass is 32.2. The minimum atomic E-state index is -0.890. The van der Waals surface area contributed by atoms with E-state index in [0.717, 1.165) is 6.29 Å². The van der Waals surface area contributed by atoms with Gasteiger partial charge >= 0.3 is 5.97 Å². The van der Waals surface area contributed by atoms with Gasteiger partial charge in [0.05, 0.1) is 4.91 Å². The topological polar surface area (TPSA) is 54.4 Å². The summed E-state index contributed by atoms with van der Waals surface area (Å²) in [5.74, 6) is -0.838. The Morgan fingerprint density at radius 2 is 2.29 bits per heavy atom. The molecule has 0 bridgehead atoms.